The number of aromatic hydroxyl groups is 1. The average Bonchev–Trinajstić information content (AvgIpc) is 2.30. The predicted octanol–water partition coefficient (Wildman–Crippen LogP) is 2.79. The Hall–Kier alpha value is -2.07. The first-order chi connectivity index (χ1) is 8.56. The zero-order valence-electron chi connectivity index (χ0n) is 9.64. The lowest BCUT2D eigenvalue weighted by molar-refractivity contribution is 0.472. The van der Waals surface area contributed by atoms with Gasteiger partial charge in [-0.3, -0.25) is 9.79 Å². The summed E-state index contributed by atoms with van der Waals surface area (Å²) in [6, 6.07) is 8.32. The largest absolute Gasteiger partial charge is 0.507 e. The van der Waals surface area contributed by atoms with Gasteiger partial charge in [0.05, 0.1) is 11.3 Å². The van der Waals surface area contributed by atoms with Gasteiger partial charge in [0.1, 0.15) is 5.75 Å². The maximum atomic E-state index is 11.6. The quantitative estimate of drug-likeness (QED) is 0.818. The van der Waals surface area contributed by atoms with Gasteiger partial charge in [-0.1, -0.05) is 11.6 Å². The smallest absolute Gasteiger partial charge is 0.260 e. The fourth-order valence-electron chi connectivity index (χ4n) is 1.47. The molecule has 2 N–H and O–H groups in total. The van der Waals surface area contributed by atoms with Crippen molar-refractivity contribution in [3.63, 3.8) is 0 Å². The first kappa shape index (κ1) is 12.4. The van der Waals surface area contributed by atoms with Crippen molar-refractivity contribution in [3.8, 4) is 5.75 Å². The number of aromatic nitrogens is 1. The number of benzene rings is 1. The van der Waals surface area contributed by atoms with E-state index in [2.05, 4.69) is 9.98 Å². The second-order valence-electron chi connectivity index (χ2n) is 3.82. The minimum Gasteiger partial charge on any atom is -0.507 e. The number of hydrogen-bond acceptors (Lipinski definition) is 3. The molecule has 0 saturated carbocycles. The first-order valence-corrected chi connectivity index (χ1v) is 5.66. The Morgan fingerprint density at radius 1 is 1.33 bits per heavy atom. The number of aliphatic imine (C=N–C) groups is 1. The fraction of sp³-hybridized carbons (Fsp3) is 0.0769. The maximum absolute atomic E-state index is 11.6. The summed E-state index contributed by atoms with van der Waals surface area (Å²) < 4.78 is 0. The number of rotatable bonds is 2. The molecule has 1 aromatic heterocycles. The summed E-state index contributed by atoms with van der Waals surface area (Å²) >= 11 is 5.75. The Labute approximate surface area is 109 Å². The molecular weight excluding hydrogens is 252 g/mol. The molecule has 0 spiro atoms. The van der Waals surface area contributed by atoms with Crippen LogP contribution in [0.1, 0.15) is 11.3 Å². The summed E-state index contributed by atoms with van der Waals surface area (Å²) in [5.41, 5.74) is 1.01. The van der Waals surface area contributed by atoms with E-state index in [-0.39, 0.29) is 16.9 Å². The van der Waals surface area contributed by atoms with Crippen molar-refractivity contribution >= 4 is 23.5 Å². The number of hydrogen-bond donors (Lipinski definition) is 2. The Kier molecular flexibility index (Phi) is 3.48. The summed E-state index contributed by atoms with van der Waals surface area (Å²) in [5, 5.41) is 10.3. The van der Waals surface area contributed by atoms with Gasteiger partial charge in [-0.2, -0.15) is 0 Å². The molecular formula is C13H11ClN2O2. The van der Waals surface area contributed by atoms with Gasteiger partial charge in [0, 0.05) is 16.9 Å². The Morgan fingerprint density at radius 3 is 2.61 bits per heavy atom. The zero-order chi connectivity index (χ0) is 13.1. The summed E-state index contributed by atoms with van der Waals surface area (Å²) in [4.78, 5) is 18.3. The summed E-state index contributed by atoms with van der Waals surface area (Å²) in [6.07, 6.45) is 1.33. The van der Waals surface area contributed by atoms with Crippen molar-refractivity contribution in [1.82, 2.24) is 4.98 Å². The van der Waals surface area contributed by atoms with Gasteiger partial charge in [-0.05, 0) is 37.3 Å². The number of pyridine rings is 1. The third-order valence-electron chi connectivity index (χ3n) is 2.35. The predicted molar refractivity (Wildman–Crippen MR) is 72.2 cm³/mol. The molecule has 0 radical (unpaired) electrons. The molecule has 18 heavy (non-hydrogen) atoms. The van der Waals surface area contributed by atoms with Crippen LogP contribution in [0, 0.1) is 6.92 Å². The van der Waals surface area contributed by atoms with Crippen LogP contribution in [-0.2, 0) is 0 Å². The molecule has 0 fully saturated rings. The molecule has 0 unspecified atom stereocenters. The topological polar surface area (TPSA) is 65.5 Å². The fourth-order valence-corrected chi connectivity index (χ4v) is 1.60. The standard InChI is InChI=1S/C13H11ClN2O2/c1-8-6-12(17)11(13(18)16-8)7-15-10-4-2-9(14)3-5-10/h2-7H,1H3,(H2,16,17,18). The highest BCUT2D eigenvalue weighted by Gasteiger charge is 2.04. The molecule has 5 heteroatoms. The molecule has 0 aliphatic carbocycles. The Bertz CT molecular complexity index is 645. The molecule has 1 aromatic carbocycles. The van der Waals surface area contributed by atoms with E-state index in [4.69, 9.17) is 11.6 Å². The van der Waals surface area contributed by atoms with E-state index in [0.29, 0.717) is 16.4 Å². The summed E-state index contributed by atoms with van der Waals surface area (Å²) in [5.74, 6) is -0.0889. The van der Waals surface area contributed by atoms with E-state index >= 15 is 0 Å². The molecule has 0 aliphatic rings. The monoisotopic (exact) mass is 262 g/mol. The minimum atomic E-state index is -0.370. The lowest BCUT2D eigenvalue weighted by atomic mass is 10.2. The number of H-pyrrole nitrogens is 1. The number of nitrogens with zero attached hydrogens (tertiary/aromatic N) is 1. The van der Waals surface area contributed by atoms with Crippen molar-refractivity contribution in [2.75, 3.05) is 0 Å². The van der Waals surface area contributed by atoms with Crippen LogP contribution in [0.4, 0.5) is 5.69 Å². The van der Waals surface area contributed by atoms with Gasteiger partial charge in [-0.25, -0.2) is 0 Å². The van der Waals surface area contributed by atoms with Crippen LogP contribution in [0.5, 0.6) is 5.75 Å². The number of aryl methyl sites for hydroxylation is 1. The molecule has 4 nitrogen and oxygen atoms in total. The molecule has 0 saturated heterocycles. The molecule has 0 bridgehead atoms. The van der Waals surface area contributed by atoms with Crippen molar-refractivity contribution < 1.29 is 5.11 Å². The van der Waals surface area contributed by atoms with Crippen LogP contribution in [0.3, 0.4) is 0 Å². The number of aromatic amines is 1. The van der Waals surface area contributed by atoms with Crippen LogP contribution in [-0.4, -0.2) is 16.3 Å². The molecule has 1 heterocycles. The normalized spacial score (nSPS) is 11.0. The van der Waals surface area contributed by atoms with Crippen LogP contribution in [0.25, 0.3) is 0 Å². The zero-order valence-corrected chi connectivity index (χ0v) is 10.4. The number of halogens is 1. The van der Waals surface area contributed by atoms with Crippen LogP contribution in [0.15, 0.2) is 40.1 Å². The Balaban J connectivity index is 2.35. The highest BCUT2D eigenvalue weighted by Crippen LogP contribution is 2.17. The van der Waals surface area contributed by atoms with E-state index in [1.54, 1.807) is 31.2 Å². The van der Waals surface area contributed by atoms with Gasteiger partial charge in [0.2, 0.25) is 0 Å². The van der Waals surface area contributed by atoms with Gasteiger partial charge in [0.25, 0.3) is 5.56 Å². The molecule has 2 rings (SSSR count). The Morgan fingerprint density at radius 2 is 2.00 bits per heavy atom. The van der Waals surface area contributed by atoms with Crippen LogP contribution in [0.2, 0.25) is 5.02 Å². The van der Waals surface area contributed by atoms with E-state index < -0.39 is 0 Å². The highest BCUT2D eigenvalue weighted by molar-refractivity contribution is 6.30. The van der Waals surface area contributed by atoms with E-state index in [0.717, 1.165) is 0 Å². The van der Waals surface area contributed by atoms with Gasteiger partial charge < -0.3 is 10.1 Å². The lowest BCUT2D eigenvalue weighted by Crippen LogP contribution is -2.12. The van der Waals surface area contributed by atoms with Crippen molar-refractivity contribution in [1.29, 1.82) is 0 Å². The summed E-state index contributed by atoms with van der Waals surface area (Å²) in [7, 11) is 0. The van der Waals surface area contributed by atoms with Gasteiger partial charge >= 0.3 is 0 Å². The molecule has 0 atom stereocenters. The molecule has 92 valence electrons. The van der Waals surface area contributed by atoms with Gasteiger partial charge in [0.15, 0.2) is 0 Å². The third-order valence-corrected chi connectivity index (χ3v) is 2.61. The molecule has 0 aliphatic heterocycles. The minimum absolute atomic E-state index is 0.0889. The van der Waals surface area contributed by atoms with E-state index in [9.17, 15) is 9.90 Å². The maximum Gasteiger partial charge on any atom is 0.260 e. The van der Waals surface area contributed by atoms with Crippen LogP contribution >= 0.6 is 11.6 Å². The summed E-state index contributed by atoms with van der Waals surface area (Å²) in [6.45, 7) is 1.70. The van der Waals surface area contributed by atoms with Crippen molar-refractivity contribution in [2.45, 2.75) is 6.92 Å². The highest BCUT2D eigenvalue weighted by atomic mass is 35.5. The average molecular weight is 263 g/mol. The van der Waals surface area contributed by atoms with E-state index in [1.165, 1.54) is 12.3 Å². The first-order valence-electron chi connectivity index (χ1n) is 5.29. The molecule has 2 aromatic rings. The van der Waals surface area contributed by atoms with Crippen molar-refractivity contribution in [3.05, 3.63) is 57.0 Å². The van der Waals surface area contributed by atoms with E-state index in [1.807, 2.05) is 0 Å². The SMILES string of the molecule is Cc1cc(O)c(C=Nc2ccc(Cl)cc2)c(=O)[nH]1. The third kappa shape index (κ3) is 2.78. The number of nitrogens with one attached hydrogen (secondary N) is 1. The molecule has 0 amide bonds. The lowest BCUT2D eigenvalue weighted by Gasteiger charge is -1.99. The van der Waals surface area contributed by atoms with Crippen molar-refractivity contribution in [2.24, 2.45) is 4.99 Å². The van der Waals surface area contributed by atoms with Crippen LogP contribution < -0.4 is 5.56 Å². The second-order valence-corrected chi connectivity index (χ2v) is 4.25. The van der Waals surface area contributed by atoms with Gasteiger partial charge in [-0.15, -0.1) is 0 Å². The second kappa shape index (κ2) is 5.06.